The van der Waals surface area contributed by atoms with E-state index in [1.165, 1.54) is 36.8 Å². The highest BCUT2D eigenvalue weighted by molar-refractivity contribution is 6.30. The van der Waals surface area contributed by atoms with Gasteiger partial charge in [-0.15, -0.1) is 0 Å². The maximum absolute atomic E-state index is 6.17. The van der Waals surface area contributed by atoms with Crippen molar-refractivity contribution in [1.82, 2.24) is 0 Å². The predicted octanol–water partition coefficient (Wildman–Crippen LogP) is 4.98. The second-order valence-corrected chi connectivity index (χ2v) is 5.76. The van der Waals surface area contributed by atoms with Gasteiger partial charge >= 0.3 is 0 Å². The Hall–Kier alpha value is -0.490. The fraction of sp³-hybridized carbons (Fsp3) is 0.600. The highest BCUT2D eigenvalue weighted by Gasteiger charge is 2.37. The smallest absolute Gasteiger partial charge is 0.0409 e. The maximum atomic E-state index is 6.17. The first-order chi connectivity index (χ1) is 7.60. The molecule has 0 aromatic heterocycles. The van der Waals surface area contributed by atoms with Crippen LogP contribution in [0.1, 0.15) is 51.2 Å². The summed E-state index contributed by atoms with van der Waals surface area (Å²) in [4.78, 5) is 0. The Labute approximate surface area is 104 Å². The van der Waals surface area contributed by atoms with E-state index < -0.39 is 0 Å². The first-order valence-corrected chi connectivity index (χ1v) is 6.77. The van der Waals surface area contributed by atoms with E-state index in [0.29, 0.717) is 11.3 Å². The molecule has 0 aliphatic heterocycles. The summed E-state index contributed by atoms with van der Waals surface area (Å²) >= 11 is 6.17. The van der Waals surface area contributed by atoms with Crippen molar-refractivity contribution >= 4 is 11.6 Å². The largest absolute Gasteiger partial charge is 0.0843 e. The number of halogens is 1. The van der Waals surface area contributed by atoms with Crippen LogP contribution in [0.25, 0.3) is 0 Å². The minimum Gasteiger partial charge on any atom is -0.0843 e. The van der Waals surface area contributed by atoms with Crippen LogP contribution in [0.3, 0.4) is 0 Å². The summed E-state index contributed by atoms with van der Waals surface area (Å²) in [7, 11) is 0. The lowest BCUT2D eigenvalue weighted by Gasteiger charge is -2.42. The van der Waals surface area contributed by atoms with Crippen molar-refractivity contribution in [3.05, 3.63) is 34.3 Å². The van der Waals surface area contributed by atoms with Crippen LogP contribution in [0.15, 0.2) is 18.2 Å². The number of benzene rings is 1. The number of aryl methyl sites for hydroxylation is 1. The lowest BCUT2D eigenvalue weighted by molar-refractivity contribution is 0.253. The van der Waals surface area contributed by atoms with Crippen molar-refractivity contribution in [1.29, 1.82) is 0 Å². The van der Waals surface area contributed by atoms with Crippen LogP contribution in [0.5, 0.6) is 0 Å². The molecule has 1 atom stereocenters. The summed E-state index contributed by atoms with van der Waals surface area (Å²) in [5, 5.41) is 0.888. The highest BCUT2D eigenvalue weighted by atomic mass is 35.5. The molecule has 2 rings (SSSR count). The number of rotatable bonds is 2. The van der Waals surface area contributed by atoms with Gasteiger partial charge in [-0.3, -0.25) is 0 Å². The fourth-order valence-corrected chi connectivity index (χ4v) is 3.51. The molecule has 0 bridgehead atoms. The van der Waals surface area contributed by atoms with E-state index >= 15 is 0 Å². The van der Waals surface area contributed by atoms with Crippen molar-refractivity contribution < 1.29 is 0 Å². The average molecular weight is 237 g/mol. The molecular weight excluding hydrogens is 216 g/mol. The van der Waals surface area contributed by atoms with E-state index in [2.05, 4.69) is 32.9 Å². The number of hydrogen-bond donors (Lipinski definition) is 0. The van der Waals surface area contributed by atoms with E-state index in [4.69, 9.17) is 11.6 Å². The van der Waals surface area contributed by atoms with Gasteiger partial charge in [0.15, 0.2) is 0 Å². The van der Waals surface area contributed by atoms with Gasteiger partial charge in [0.1, 0.15) is 0 Å². The Bertz CT molecular complexity index is 381. The van der Waals surface area contributed by atoms with Crippen LogP contribution in [0.2, 0.25) is 5.02 Å². The van der Waals surface area contributed by atoms with Gasteiger partial charge in [0.25, 0.3) is 0 Å². The summed E-state index contributed by atoms with van der Waals surface area (Å²) in [6.07, 6.45) is 5.08. The SMILES string of the molecule is CCC1(C(C)C)CCCc2ccc(Cl)cc21. The second kappa shape index (κ2) is 4.41. The molecule has 0 saturated carbocycles. The van der Waals surface area contributed by atoms with Gasteiger partial charge in [0.2, 0.25) is 0 Å². The van der Waals surface area contributed by atoms with Gasteiger partial charge in [-0.05, 0) is 60.3 Å². The maximum Gasteiger partial charge on any atom is 0.0409 e. The van der Waals surface area contributed by atoms with Crippen LogP contribution >= 0.6 is 11.6 Å². The lowest BCUT2D eigenvalue weighted by Crippen LogP contribution is -2.35. The van der Waals surface area contributed by atoms with E-state index in [-0.39, 0.29) is 0 Å². The molecule has 16 heavy (non-hydrogen) atoms. The number of hydrogen-bond acceptors (Lipinski definition) is 0. The normalized spacial score (nSPS) is 24.6. The van der Waals surface area contributed by atoms with Gasteiger partial charge in [-0.1, -0.05) is 38.4 Å². The summed E-state index contributed by atoms with van der Waals surface area (Å²) in [6, 6.07) is 6.47. The van der Waals surface area contributed by atoms with Crippen molar-refractivity contribution in [2.24, 2.45) is 5.92 Å². The van der Waals surface area contributed by atoms with Gasteiger partial charge in [0, 0.05) is 5.02 Å². The van der Waals surface area contributed by atoms with Crippen molar-refractivity contribution in [3.8, 4) is 0 Å². The summed E-state index contributed by atoms with van der Waals surface area (Å²) in [6.45, 7) is 7.01. The third kappa shape index (κ3) is 1.78. The molecule has 0 spiro atoms. The van der Waals surface area contributed by atoms with Crippen molar-refractivity contribution in [2.45, 2.75) is 51.9 Å². The Morgan fingerprint density at radius 1 is 1.38 bits per heavy atom. The standard InChI is InChI=1S/C15H21Cl/c1-4-15(11(2)3)9-5-6-12-7-8-13(16)10-14(12)15/h7-8,10-11H,4-6,9H2,1-3H3. The molecule has 1 aromatic carbocycles. The van der Waals surface area contributed by atoms with Crippen LogP contribution in [-0.2, 0) is 11.8 Å². The molecule has 1 aliphatic rings. The van der Waals surface area contributed by atoms with Crippen LogP contribution < -0.4 is 0 Å². The molecule has 0 radical (unpaired) electrons. The zero-order chi connectivity index (χ0) is 11.8. The van der Waals surface area contributed by atoms with Crippen LogP contribution in [-0.4, -0.2) is 0 Å². The highest BCUT2D eigenvalue weighted by Crippen LogP contribution is 2.45. The van der Waals surface area contributed by atoms with Gasteiger partial charge in [0.05, 0.1) is 0 Å². The topological polar surface area (TPSA) is 0 Å². The monoisotopic (exact) mass is 236 g/mol. The van der Waals surface area contributed by atoms with Crippen LogP contribution in [0.4, 0.5) is 0 Å². The molecule has 0 amide bonds. The third-order valence-corrected chi connectivity index (χ3v) is 4.65. The Morgan fingerprint density at radius 3 is 2.75 bits per heavy atom. The first kappa shape index (κ1) is 12.0. The quantitative estimate of drug-likeness (QED) is 0.680. The Kier molecular flexibility index (Phi) is 3.30. The predicted molar refractivity (Wildman–Crippen MR) is 71.2 cm³/mol. The zero-order valence-electron chi connectivity index (χ0n) is 10.5. The van der Waals surface area contributed by atoms with Gasteiger partial charge in [-0.2, -0.15) is 0 Å². The average Bonchev–Trinajstić information content (AvgIpc) is 2.27. The second-order valence-electron chi connectivity index (χ2n) is 5.32. The molecule has 0 fully saturated rings. The summed E-state index contributed by atoms with van der Waals surface area (Å²) < 4.78 is 0. The molecule has 0 heterocycles. The minimum atomic E-state index is 0.360. The summed E-state index contributed by atoms with van der Waals surface area (Å²) in [5.41, 5.74) is 3.40. The molecule has 88 valence electrons. The first-order valence-electron chi connectivity index (χ1n) is 6.39. The molecule has 0 N–H and O–H groups in total. The fourth-order valence-electron chi connectivity index (χ4n) is 3.33. The van der Waals surface area contributed by atoms with Gasteiger partial charge in [-0.25, -0.2) is 0 Å². The Morgan fingerprint density at radius 2 is 2.12 bits per heavy atom. The molecule has 1 heteroatoms. The van der Waals surface area contributed by atoms with E-state index in [0.717, 1.165) is 5.02 Å². The van der Waals surface area contributed by atoms with Crippen LogP contribution in [0, 0.1) is 5.92 Å². The van der Waals surface area contributed by atoms with Gasteiger partial charge < -0.3 is 0 Å². The molecule has 1 aliphatic carbocycles. The molecule has 1 unspecified atom stereocenters. The molecular formula is C15H21Cl. The third-order valence-electron chi connectivity index (χ3n) is 4.41. The molecule has 0 nitrogen and oxygen atoms in total. The Balaban J connectivity index is 2.56. The van der Waals surface area contributed by atoms with E-state index in [1.54, 1.807) is 0 Å². The van der Waals surface area contributed by atoms with Crippen molar-refractivity contribution in [3.63, 3.8) is 0 Å². The zero-order valence-corrected chi connectivity index (χ0v) is 11.3. The minimum absolute atomic E-state index is 0.360. The van der Waals surface area contributed by atoms with E-state index in [9.17, 15) is 0 Å². The lowest BCUT2D eigenvalue weighted by atomic mass is 9.62. The number of fused-ring (bicyclic) bond motifs is 1. The summed E-state index contributed by atoms with van der Waals surface area (Å²) in [5.74, 6) is 0.690. The molecule has 1 aromatic rings. The van der Waals surface area contributed by atoms with E-state index in [1.807, 2.05) is 6.07 Å². The van der Waals surface area contributed by atoms with Crippen molar-refractivity contribution in [2.75, 3.05) is 0 Å². The molecule has 0 saturated heterocycles.